The van der Waals surface area contributed by atoms with E-state index in [9.17, 15) is 0 Å². The van der Waals surface area contributed by atoms with Crippen LogP contribution >= 0.6 is 11.6 Å². The highest BCUT2D eigenvalue weighted by Crippen LogP contribution is 2.08. The Labute approximate surface area is 130 Å². The molecule has 21 heavy (non-hydrogen) atoms. The van der Waals surface area contributed by atoms with E-state index < -0.39 is 0 Å². The van der Waals surface area contributed by atoms with Crippen molar-refractivity contribution in [3.05, 3.63) is 64.9 Å². The SMILES string of the molecule is CN=C(NCCc1ccccn1)NCc1ccc(Cl)cc1. The predicted octanol–water partition coefficient (Wildman–Crippen LogP) is 2.64. The van der Waals surface area contributed by atoms with Gasteiger partial charge in [-0.2, -0.15) is 0 Å². The molecule has 110 valence electrons. The Hall–Kier alpha value is -2.07. The number of pyridine rings is 1. The molecule has 0 radical (unpaired) electrons. The third-order valence-electron chi connectivity index (χ3n) is 3.00. The van der Waals surface area contributed by atoms with Crippen molar-refractivity contribution in [3.8, 4) is 0 Å². The maximum absolute atomic E-state index is 5.87. The summed E-state index contributed by atoms with van der Waals surface area (Å²) >= 11 is 5.87. The van der Waals surface area contributed by atoms with Gasteiger partial charge in [0.2, 0.25) is 0 Å². The van der Waals surface area contributed by atoms with Gasteiger partial charge in [0.15, 0.2) is 5.96 Å². The standard InChI is InChI=1S/C16H19ClN4/c1-18-16(20-11-9-15-4-2-3-10-19-15)21-12-13-5-7-14(17)8-6-13/h2-8,10H,9,11-12H2,1H3,(H2,18,20,21). The lowest BCUT2D eigenvalue weighted by Crippen LogP contribution is -2.37. The summed E-state index contributed by atoms with van der Waals surface area (Å²) in [6, 6.07) is 13.7. The maximum atomic E-state index is 5.87. The Bertz CT molecular complexity index is 567. The van der Waals surface area contributed by atoms with Crippen molar-refractivity contribution in [3.63, 3.8) is 0 Å². The fourth-order valence-electron chi connectivity index (χ4n) is 1.86. The van der Waals surface area contributed by atoms with E-state index in [1.807, 2.05) is 48.7 Å². The average Bonchev–Trinajstić information content (AvgIpc) is 2.53. The van der Waals surface area contributed by atoms with Crippen LogP contribution in [0.5, 0.6) is 0 Å². The van der Waals surface area contributed by atoms with Crippen molar-refractivity contribution in [1.29, 1.82) is 0 Å². The Balaban J connectivity index is 1.74. The van der Waals surface area contributed by atoms with Crippen molar-refractivity contribution < 1.29 is 0 Å². The van der Waals surface area contributed by atoms with Crippen molar-refractivity contribution in [1.82, 2.24) is 15.6 Å². The minimum atomic E-state index is 0.709. The number of aromatic nitrogens is 1. The molecule has 0 saturated carbocycles. The van der Waals surface area contributed by atoms with E-state index >= 15 is 0 Å². The van der Waals surface area contributed by atoms with Crippen LogP contribution in [0.4, 0.5) is 0 Å². The molecule has 0 unspecified atom stereocenters. The molecule has 0 fully saturated rings. The second kappa shape index (κ2) is 8.27. The third-order valence-corrected chi connectivity index (χ3v) is 3.25. The second-order valence-electron chi connectivity index (χ2n) is 4.55. The zero-order chi connectivity index (χ0) is 14.9. The summed E-state index contributed by atoms with van der Waals surface area (Å²) < 4.78 is 0. The first kappa shape index (κ1) is 15.3. The number of benzene rings is 1. The summed E-state index contributed by atoms with van der Waals surface area (Å²) in [5, 5.41) is 7.29. The molecular weight excluding hydrogens is 284 g/mol. The number of hydrogen-bond donors (Lipinski definition) is 2. The molecule has 0 saturated heterocycles. The summed E-state index contributed by atoms with van der Waals surface area (Å²) in [5.41, 5.74) is 2.23. The second-order valence-corrected chi connectivity index (χ2v) is 4.99. The Kier molecular flexibility index (Phi) is 6.03. The van der Waals surface area contributed by atoms with Gasteiger partial charge in [0.05, 0.1) is 0 Å². The molecule has 2 N–H and O–H groups in total. The predicted molar refractivity (Wildman–Crippen MR) is 87.6 cm³/mol. The van der Waals surface area contributed by atoms with Crippen LogP contribution in [0.2, 0.25) is 5.02 Å². The normalized spacial score (nSPS) is 11.2. The van der Waals surface area contributed by atoms with Crippen molar-refractivity contribution in [2.24, 2.45) is 4.99 Å². The third kappa shape index (κ3) is 5.44. The molecule has 0 amide bonds. The number of aliphatic imine (C=N–C) groups is 1. The molecule has 0 aliphatic rings. The lowest BCUT2D eigenvalue weighted by molar-refractivity contribution is 0.784. The monoisotopic (exact) mass is 302 g/mol. The first-order valence-corrected chi connectivity index (χ1v) is 7.24. The molecule has 1 aromatic heterocycles. The lowest BCUT2D eigenvalue weighted by Gasteiger charge is -2.11. The zero-order valence-electron chi connectivity index (χ0n) is 12.0. The van der Waals surface area contributed by atoms with Gasteiger partial charge in [-0.3, -0.25) is 9.98 Å². The summed E-state index contributed by atoms with van der Waals surface area (Å²) in [7, 11) is 1.76. The van der Waals surface area contributed by atoms with Gasteiger partial charge in [-0.1, -0.05) is 29.8 Å². The van der Waals surface area contributed by atoms with Crippen LogP contribution in [0.25, 0.3) is 0 Å². The van der Waals surface area contributed by atoms with Gasteiger partial charge >= 0.3 is 0 Å². The van der Waals surface area contributed by atoms with Crippen LogP contribution < -0.4 is 10.6 Å². The number of halogens is 1. The molecule has 0 spiro atoms. The highest BCUT2D eigenvalue weighted by atomic mass is 35.5. The molecule has 2 aromatic rings. The minimum absolute atomic E-state index is 0.709. The van der Waals surface area contributed by atoms with Gasteiger partial charge in [0.25, 0.3) is 0 Å². The molecule has 1 aromatic carbocycles. The maximum Gasteiger partial charge on any atom is 0.191 e. The molecule has 0 aliphatic heterocycles. The Morgan fingerprint density at radius 2 is 1.95 bits per heavy atom. The van der Waals surface area contributed by atoms with Crippen molar-refractivity contribution in [2.45, 2.75) is 13.0 Å². The van der Waals surface area contributed by atoms with Crippen LogP contribution in [0.15, 0.2) is 53.7 Å². The van der Waals surface area contributed by atoms with E-state index in [0.717, 1.165) is 35.2 Å². The van der Waals surface area contributed by atoms with Gasteiger partial charge in [-0.05, 0) is 29.8 Å². The molecule has 0 aliphatic carbocycles. The first-order chi connectivity index (χ1) is 10.3. The Morgan fingerprint density at radius 1 is 1.14 bits per heavy atom. The lowest BCUT2D eigenvalue weighted by atomic mass is 10.2. The van der Waals surface area contributed by atoms with E-state index in [1.165, 1.54) is 0 Å². The molecule has 5 heteroatoms. The van der Waals surface area contributed by atoms with Crippen molar-refractivity contribution in [2.75, 3.05) is 13.6 Å². The topological polar surface area (TPSA) is 49.3 Å². The molecule has 2 rings (SSSR count). The van der Waals surface area contributed by atoms with Crippen LogP contribution in [0.3, 0.4) is 0 Å². The summed E-state index contributed by atoms with van der Waals surface area (Å²) in [6.07, 6.45) is 2.67. The highest BCUT2D eigenvalue weighted by Gasteiger charge is 1.99. The van der Waals surface area contributed by atoms with E-state index in [4.69, 9.17) is 11.6 Å². The Morgan fingerprint density at radius 3 is 2.62 bits per heavy atom. The number of guanidine groups is 1. The van der Waals surface area contributed by atoms with E-state index in [0.29, 0.717) is 6.54 Å². The number of rotatable bonds is 5. The molecule has 4 nitrogen and oxygen atoms in total. The van der Waals surface area contributed by atoms with Crippen LogP contribution in [0.1, 0.15) is 11.3 Å². The largest absolute Gasteiger partial charge is 0.356 e. The highest BCUT2D eigenvalue weighted by molar-refractivity contribution is 6.30. The first-order valence-electron chi connectivity index (χ1n) is 6.87. The summed E-state index contributed by atoms with van der Waals surface area (Å²) in [6.45, 7) is 1.50. The van der Waals surface area contributed by atoms with Gasteiger partial charge < -0.3 is 10.6 Å². The van der Waals surface area contributed by atoms with E-state index in [2.05, 4.69) is 20.6 Å². The van der Waals surface area contributed by atoms with Crippen LogP contribution in [-0.2, 0) is 13.0 Å². The van der Waals surface area contributed by atoms with Gasteiger partial charge in [0, 0.05) is 43.5 Å². The van der Waals surface area contributed by atoms with Gasteiger partial charge in [-0.15, -0.1) is 0 Å². The van der Waals surface area contributed by atoms with Gasteiger partial charge in [-0.25, -0.2) is 0 Å². The fourth-order valence-corrected chi connectivity index (χ4v) is 1.99. The average molecular weight is 303 g/mol. The zero-order valence-corrected chi connectivity index (χ0v) is 12.8. The molecular formula is C16H19ClN4. The minimum Gasteiger partial charge on any atom is -0.356 e. The van der Waals surface area contributed by atoms with Crippen LogP contribution in [-0.4, -0.2) is 24.5 Å². The van der Waals surface area contributed by atoms with E-state index in [1.54, 1.807) is 7.05 Å². The molecule has 1 heterocycles. The van der Waals surface area contributed by atoms with Crippen LogP contribution in [0, 0.1) is 0 Å². The van der Waals surface area contributed by atoms with Crippen molar-refractivity contribution >= 4 is 17.6 Å². The van der Waals surface area contributed by atoms with E-state index in [-0.39, 0.29) is 0 Å². The van der Waals surface area contributed by atoms with Gasteiger partial charge in [0.1, 0.15) is 0 Å². The molecule has 0 atom stereocenters. The number of nitrogens with zero attached hydrogens (tertiary/aromatic N) is 2. The quantitative estimate of drug-likeness (QED) is 0.659. The fraction of sp³-hybridized carbons (Fsp3) is 0.250. The number of hydrogen-bond acceptors (Lipinski definition) is 2. The summed E-state index contributed by atoms with van der Waals surface area (Å²) in [5.74, 6) is 0.779. The number of nitrogens with one attached hydrogen (secondary N) is 2. The molecule has 0 bridgehead atoms. The smallest absolute Gasteiger partial charge is 0.191 e. The summed E-state index contributed by atoms with van der Waals surface area (Å²) in [4.78, 5) is 8.49.